The van der Waals surface area contributed by atoms with Crippen molar-refractivity contribution in [3.63, 3.8) is 0 Å². The first-order valence-electron chi connectivity index (χ1n) is 28.2. The monoisotopic (exact) mass is 1090 g/mol. The molecule has 0 unspecified atom stereocenters. The normalized spacial score (nSPS) is 11.6. The SMILES string of the molecule is COc1ccc(-n2c3ccccc3c3cc(-c4ccc5c(c4)c4ccccc4n5-c4ccc(OC)cc4)ccc32)cc1.COc1cccc(-n2c3ccccc3c3cc(-c4ccc5c(c4)c4ccccc4n5-c4cccc(OC)c4)ccc32)c1. The minimum atomic E-state index is 0.844. The number of hydrogen-bond acceptors (Lipinski definition) is 4. The summed E-state index contributed by atoms with van der Waals surface area (Å²) in [5, 5.41) is 9.86. The third-order valence-corrected chi connectivity index (χ3v) is 16.6. The van der Waals surface area contributed by atoms with E-state index in [1.54, 1.807) is 28.4 Å². The van der Waals surface area contributed by atoms with Crippen LogP contribution in [0.25, 0.3) is 132 Å². The molecule has 4 aromatic heterocycles. The molecule has 4 heterocycles. The van der Waals surface area contributed by atoms with E-state index in [1.807, 2.05) is 48.5 Å². The fourth-order valence-electron chi connectivity index (χ4n) is 12.7. The van der Waals surface area contributed by atoms with Gasteiger partial charge in [0.15, 0.2) is 0 Å². The van der Waals surface area contributed by atoms with Gasteiger partial charge in [-0.05, 0) is 168 Å². The molecular weight excluding hydrogens is 1030 g/mol. The molecular formula is C76H56N4O4. The second kappa shape index (κ2) is 20.5. The summed E-state index contributed by atoms with van der Waals surface area (Å²) in [5.41, 5.74) is 18.6. The average Bonchev–Trinajstić information content (AvgIpc) is 2.55. The number of para-hydroxylation sites is 4. The van der Waals surface area contributed by atoms with Crippen molar-refractivity contribution in [2.45, 2.75) is 0 Å². The summed E-state index contributed by atoms with van der Waals surface area (Å²) >= 11 is 0. The van der Waals surface area contributed by atoms with Crippen LogP contribution in [0.1, 0.15) is 0 Å². The molecule has 16 rings (SSSR count). The lowest BCUT2D eigenvalue weighted by molar-refractivity contribution is 0.414. The molecule has 0 radical (unpaired) electrons. The van der Waals surface area contributed by atoms with Crippen LogP contribution in [0.4, 0.5) is 0 Å². The first kappa shape index (κ1) is 50.0. The van der Waals surface area contributed by atoms with Crippen LogP contribution in [0.5, 0.6) is 23.0 Å². The van der Waals surface area contributed by atoms with Crippen LogP contribution in [-0.2, 0) is 0 Å². The molecule has 0 fully saturated rings. The molecule has 16 aromatic rings. The number of benzene rings is 12. The molecule has 0 atom stereocenters. The molecule has 404 valence electrons. The van der Waals surface area contributed by atoms with Crippen molar-refractivity contribution >= 4 is 87.2 Å². The summed E-state index contributed by atoms with van der Waals surface area (Å²) in [6.45, 7) is 0. The van der Waals surface area contributed by atoms with E-state index in [-0.39, 0.29) is 0 Å². The first-order chi connectivity index (χ1) is 41.5. The maximum atomic E-state index is 5.54. The number of rotatable bonds is 10. The van der Waals surface area contributed by atoms with E-state index in [1.165, 1.54) is 109 Å². The summed E-state index contributed by atoms with van der Waals surface area (Å²) in [6.07, 6.45) is 0. The zero-order chi connectivity index (χ0) is 56.4. The summed E-state index contributed by atoms with van der Waals surface area (Å²) < 4.78 is 31.2. The van der Waals surface area contributed by atoms with Gasteiger partial charge < -0.3 is 37.2 Å². The predicted molar refractivity (Wildman–Crippen MR) is 347 cm³/mol. The first-order valence-corrected chi connectivity index (χ1v) is 28.2. The second-order valence-electron chi connectivity index (χ2n) is 21.1. The van der Waals surface area contributed by atoms with Crippen molar-refractivity contribution < 1.29 is 18.9 Å². The maximum Gasteiger partial charge on any atom is 0.120 e. The van der Waals surface area contributed by atoms with E-state index in [2.05, 4.69) is 237 Å². The Morgan fingerprint density at radius 2 is 0.452 bits per heavy atom. The van der Waals surface area contributed by atoms with Gasteiger partial charge in [0.05, 0.1) is 72.6 Å². The van der Waals surface area contributed by atoms with Crippen LogP contribution < -0.4 is 18.9 Å². The number of hydrogen-bond donors (Lipinski definition) is 0. The van der Waals surface area contributed by atoms with E-state index in [4.69, 9.17) is 18.9 Å². The van der Waals surface area contributed by atoms with Gasteiger partial charge >= 0.3 is 0 Å². The highest BCUT2D eigenvalue weighted by Crippen LogP contribution is 2.41. The van der Waals surface area contributed by atoms with Crippen LogP contribution in [0.2, 0.25) is 0 Å². The van der Waals surface area contributed by atoms with Gasteiger partial charge in [0, 0.05) is 78.0 Å². The van der Waals surface area contributed by atoms with Crippen LogP contribution in [0, 0.1) is 0 Å². The van der Waals surface area contributed by atoms with Crippen molar-refractivity contribution in [2.24, 2.45) is 0 Å². The Hall–Kier alpha value is -11.0. The predicted octanol–water partition coefficient (Wildman–Crippen LogP) is 19.1. The van der Waals surface area contributed by atoms with E-state index < -0.39 is 0 Å². The molecule has 0 aliphatic heterocycles. The highest BCUT2D eigenvalue weighted by molar-refractivity contribution is 6.15. The number of nitrogens with zero attached hydrogens (tertiary/aromatic N) is 4. The standard InChI is InChI=1S/2C38H28N2O2/c1-41-29-11-7-9-27(23-29)39-35-15-5-3-13-31(35)33-21-25(17-19-37(33)39)26-18-20-38-34(22-26)32-14-4-6-16-36(32)40(38)28-10-8-12-30(24-28)42-2;1-41-29-17-13-27(14-18-29)39-35-9-5-3-7-31(35)33-23-25(11-21-37(33)39)26-12-22-38-34(24-26)32-8-4-6-10-36(32)40(38)28-15-19-30(42-2)20-16-28/h2*3-24H,1-2H3. The smallest absolute Gasteiger partial charge is 0.120 e. The topological polar surface area (TPSA) is 56.6 Å². The van der Waals surface area contributed by atoms with Gasteiger partial charge in [-0.3, -0.25) is 0 Å². The zero-order valence-electron chi connectivity index (χ0n) is 46.8. The second-order valence-corrected chi connectivity index (χ2v) is 21.1. The van der Waals surface area contributed by atoms with Gasteiger partial charge in [-0.25, -0.2) is 0 Å². The van der Waals surface area contributed by atoms with E-state index in [9.17, 15) is 0 Å². The van der Waals surface area contributed by atoms with Crippen molar-refractivity contribution in [1.29, 1.82) is 0 Å². The fraction of sp³-hybridized carbons (Fsp3) is 0.0526. The molecule has 8 nitrogen and oxygen atoms in total. The Balaban J connectivity index is 0.000000143. The third-order valence-electron chi connectivity index (χ3n) is 16.6. The van der Waals surface area contributed by atoms with Gasteiger partial charge in [0.25, 0.3) is 0 Å². The number of methoxy groups -OCH3 is 4. The largest absolute Gasteiger partial charge is 0.497 e. The van der Waals surface area contributed by atoms with Crippen LogP contribution >= 0.6 is 0 Å². The molecule has 12 aromatic carbocycles. The molecule has 8 heteroatoms. The van der Waals surface area contributed by atoms with Crippen molar-refractivity contribution in [2.75, 3.05) is 28.4 Å². The quantitative estimate of drug-likeness (QED) is 0.137. The molecule has 0 saturated heterocycles. The summed E-state index contributed by atoms with van der Waals surface area (Å²) in [5.74, 6) is 3.39. The molecule has 0 N–H and O–H groups in total. The number of aromatic nitrogens is 4. The van der Waals surface area contributed by atoms with E-state index in [0.717, 1.165) is 45.7 Å². The molecule has 0 amide bonds. The summed E-state index contributed by atoms with van der Waals surface area (Å²) in [4.78, 5) is 0. The number of ether oxygens (including phenoxy) is 4. The van der Waals surface area contributed by atoms with Gasteiger partial charge in [-0.15, -0.1) is 0 Å². The lowest BCUT2D eigenvalue weighted by Crippen LogP contribution is -1.95. The van der Waals surface area contributed by atoms with Crippen LogP contribution in [0.15, 0.2) is 267 Å². The molecule has 0 saturated carbocycles. The molecule has 84 heavy (non-hydrogen) atoms. The van der Waals surface area contributed by atoms with Crippen molar-refractivity contribution in [3.05, 3.63) is 267 Å². The van der Waals surface area contributed by atoms with Crippen LogP contribution in [-0.4, -0.2) is 46.7 Å². The molecule has 0 bridgehead atoms. The Morgan fingerprint density at radius 1 is 0.190 bits per heavy atom. The van der Waals surface area contributed by atoms with E-state index >= 15 is 0 Å². The van der Waals surface area contributed by atoms with Gasteiger partial charge in [0.1, 0.15) is 23.0 Å². The fourth-order valence-corrected chi connectivity index (χ4v) is 12.7. The maximum absolute atomic E-state index is 5.54. The van der Waals surface area contributed by atoms with Gasteiger partial charge in [-0.1, -0.05) is 109 Å². The number of fused-ring (bicyclic) bond motifs is 12. The Kier molecular flexibility index (Phi) is 12.2. The molecule has 0 aliphatic rings. The van der Waals surface area contributed by atoms with Crippen LogP contribution in [0.3, 0.4) is 0 Å². The minimum Gasteiger partial charge on any atom is -0.497 e. The Labute approximate surface area is 485 Å². The summed E-state index contributed by atoms with van der Waals surface area (Å²) in [7, 11) is 6.82. The molecule has 0 aliphatic carbocycles. The minimum absolute atomic E-state index is 0.844. The lowest BCUT2D eigenvalue weighted by atomic mass is 10.0. The Morgan fingerprint density at radius 3 is 0.738 bits per heavy atom. The van der Waals surface area contributed by atoms with Crippen molar-refractivity contribution in [3.8, 4) is 68.0 Å². The highest BCUT2D eigenvalue weighted by Gasteiger charge is 2.19. The van der Waals surface area contributed by atoms with Gasteiger partial charge in [0.2, 0.25) is 0 Å². The highest BCUT2D eigenvalue weighted by atomic mass is 16.5. The summed E-state index contributed by atoms with van der Waals surface area (Å²) in [6, 6.07) is 94.8. The zero-order valence-corrected chi connectivity index (χ0v) is 46.8. The molecule has 0 spiro atoms. The Bertz CT molecular complexity index is 4870. The van der Waals surface area contributed by atoms with E-state index in [0.29, 0.717) is 0 Å². The lowest BCUT2D eigenvalue weighted by Gasteiger charge is -2.10. The van der Waals surface area contributed by atoms with Crippen molar-refractivity contribution in [1.82, 2.24) is 18.3 Å². The average molecular weight is 1090 g/mol. The third kappa shape index (κ3) is 8.29. The van der Waals surface area contributed by atoms with Gasteiger partial charge in [-0.2, -0.15) is 0 Å².